The minimum absolute atomic E-state index is 0.0481. The van der Waals surface area contributed by atoms with Gasteiger partial charge in [-0.1, -0.05) is 17.3 Å². The largest absolute Gasteiger partial charge is 0.496 e. The van der Waals surface area contributed by atoms with Crippen LogP contribution in [0.1, 0.15) is 21.5 Å². The first kappa shape index (κ1) is 19.6. The molecule has 2 aromatic heterocycles. The van der Waals surface area contributed by atoms with E-state index in [1.165, 1.54) is 17.5 Å². The Hall–Kier alpha value is -2.76. The second-order valence-electron chi connectivity index (χ2n) is 6.28. The number of carbonyl (C=O) groups excluding carboxylic acids is 1. The van der Waals surface area contributed by atoms with E-state index >= 15 is 0 Å². The van der Waals surface area contributed by atoms with Crippen molar-refractivity contribution in [2.24, 2.45) is 0 Å². The van der Waals surface area contributed by atoms with E-state index in [4.69, 9.17) is 9.26 Å². The van der Waals surface area contributed by atoms with Gasteiger partial charge in [-0.05, 0) is 23.6 Å². The summed E-state index contributed by atoms with van der Waals surface area (Å²) < 4.78 is 42.3. The van der Waals surface area contributed by atoms with Crippen LogP contribution >= 0.6 is 11.3 Å². The van der Waals surface area contributed by atoms with Gasteiger partial charge in [0.15, 0.2) is 0 Å². The quantitative estimate of drug-likeness (QED) is 0.543. The lowest BCUT2D eigenvalue weighted by Crippen LogP contribution is -2.48. The molecule has 1 saturated heterocycles. The number of nitrogens with zero attached hydrogens (tertiary/aromatic N) is 3. The molecule has 0 amide bonds. The van der Waals surface area contributed by atoms with Gasteiger partial charge in [-0.25, -0.2) is 13.2 Å². The van der Waals surface area contributed by atoms with Crippen LogP contribution in [0.5, 0.6) is 5.75 Å². The maximum Gasteiger partial charge on any atom is 0.349 e. The van der Waals surface area contributed by atoms with Crippen molar-refractivity contribution in [3.8, 4) is 17.1 Å². The van der Waals surface area contributed by atoms with Crippen LogP contribution in [0.4, 0.5) is 0 Å². The minimum Gasteiger partial charge on any atom is -0.496 e. The average molecular weight is 435 g/mol. The molecule has 0 bridgehead atoms. The zero-order valence-electron chi connectivity index (χ0n) is 15.6. The van der Waals surface area contributed by atoms with E-state index in [1.54, 1.807) is 18.6 Å². The number of esters is 1. The van der Waals surface area contributed by atoms with Gasteiger partial charge in [-0.15, -0.1) is 11.3 Å². The molecule has 152 valence electrons. The molecule has 0 aliphatic carbocycles. The van der Waals surface area contributed by atoms with Gasteiger partial charge in [0.1, 0.15) is 15.5 Å². The summed E-state index contributed by atoms with van der Waals surface area (Å²) in [6, 6.07) is 8.70. The third kappa shape index (κ3) is 3.41. The Morgan fingerprint density at radius 2 is 2.00 bits per heavy atom. The number of rotatable bonds is 6. The highest BCUT2D eigenvalue weighted by Gasteiger charge is 2.42. The van der Waals surface area contributed by atoms with E-state index in [2.05, 4.69) is 14.9 Å². The van der Waals surface area contributed by atoms with Crippen LogP contribution in [0.15, 0.2) is 45.1 Å². The van der Waals surface area contributed by atoms with Crippen LogP contribution < -0.4 is 4.74 Å². The first-order chi connectivity index (χ1) is 14.0. The van der Waals surface area contributed by atoms with Crippen molar-refractivity contribution in [3.63, 3.8) is 0 Å². The molecule has 4 rings (SSSR count). The fourth-order valence-electron chi connectivity index (χ4n) is 3.01. The molecule has 3 heterocycles. The van der Waals surface area contributed by atoms with Crippen LogP contribution in [0.25, 0.3) is 11.4 Å². The number of sulfonamides is 1. The van der Waals surface area contributed by atoms with E-state index in [9.17, 15) is 13.2 Å². The fourth-order valence-corrected chi connectivity index (χ4v) is 5.85. The Labute approximate surface area is 170 Å². The smallest absolute Gasteiger partial charge is 0.349 e. The molecular formula is C18H17N3O6S2. The minimum atomic E-state index is -3.81. The third-order valence-electron chi connectivity index (χ3n) is 4.60. The number of para-hydroxylation sites is 1. The molecule has 9 nitrogen and oxygen atoms in total. The van der Waals surface area contributed by atoms with Crippen LogP contribution in [0, 0.1) is 0 Å². The van der Waals surface area contributed by atoms with Crippen molar-refractivity contribution < 1.29 is 27.2 Å². The Kier molecular flexibility index (Phi) is 5.11. The van der Waals surface area contributed by atoms with Gasteiger partial charge < -0.3 is 14.0 Å². The van der Waals surface area contributed by atoms with Crippen LogP contribution in [-0.2, 0) is 14.8 Å². The van der Waals surface area contributed by atoms with E-state index in [0.717, 1.165) is 11.3 Å². The lowest BCUT2D eigenvalue weighted by molar-refractivity contribution is 0.0602. The molecule has 1 aliphatic heterocycles. The average Bonchev–Trinajstić information content (AvgIpc) is 3.36. The van der Waals surface area contributed by atoms with Crippen molar-refractivity contribution >= 4 is 27.3 Å². The van der Waals surface area contributed by atoms with Gasteiger partial charge in [0, 0.05) is 13.1 Å². The maximum absolute atomic E-state index is 12.8. The van der Waals surface area contributed by atoms with Crippen molar-refractivity contribution in [2.45, 2.75) is 10.8 Å². The summed E-state index contributed by atoms with van der Waals surface area (Å²) in [5.41, 5.74) is 0.690. The highest BCUT2D eigenvalue weighted by Crippen LogP contribution is 2.35. The molecule has 0 saturated carbocycles. The van der Waals surface area contributed by atoms with E-state index in [0.29, 0.717) is 23.0 Å². The molecule has 0 spiro atoms. The van der Waals surface area contributed by atoms with Crippen molar-refractivity contribution in [1.29, 1.82) is 0 Å². The molecule has 1 aromatic carbocycles. The summed E-state index contributed by atoms with van der Waals surface area (Å²) in [4.78, 5) is 16.2. The van der Waals surface area contributed by atoms with Crippen LogP contribution in [0.3, 0.4) is 0 Å². The van der Waals surface area contributed by atoms with Crippen molar-refractivity contribution in [3.05, 3.63) is 46.5 Å². The number of ether oxygens (including phenoxy) is 2. The molecule has 1 fully saturated rings. The number of aromatic nitrogens is 2. The normalized spacial score (nSPS) is 15.1. The highest BCUT2D eigenvalue weighted by molar-refractivity contribution is 7.89. The van der Waals surface area contributed by atoms with Crippen LogP contribution in [0.2, 0.25) is 0 Å². The van der Waals surface area contributed by atoms with Gasteiger partial charge >= 0.3 is 5.97 Å². The standard InChI is InChI=1S/C18H17N3O6S2/c1-25-13-6-4-3-5-12(13)16-19-17(27-20-16)11-9-21(10-11)29(23,24)14-7-8-28-15(14)18(22)26-2/h3-8,11H,9-10H2,1-2H3. The summed E-state index contributed by atoms with van der Waals surface area (Å²) in [6.45, 7) is 0.374. The van der Waals surface area contributed by atoms with E-state index < -0.39 is 16.0 Å². The molecule has 0 radical (unpaired) electrons. The number of hydrogen-bond donors (Lipinski definition) is 0. The van der Waals surface area contributed by atoms with E-state index in [-0.39, 0.29) is 28.8 Å². The molecule has 0 atom stereocenters. The third-order valence-corrected chi connectivity index (χ3v) is 7.50. The first-order valence-electron chi connectivity index (χ1n) is 8.58. The second-order valence-corrected chi connectivity index (χ2v) is 9.10. The summed E-state index contributed by atoms with van der Waals surface area (Å²) in [5, 5.41) is 5.54. The summed E-state index contributed by atoms with van der Waals surface area (Å²) in [7, 11) is -1.04. The maximum atomic E-state index is 12.8. The Morgan fingerprint density at radius 3 is 2.72 bits per heavy atom. The summed E-state index contributed by atoms with van der Waals surface area (Å²) in [5.74, 6) is 0.459. The SMILES string of the molecule is COC(=O)c1sccc1S(=O)(=O)N1CC(c2nc(-c3ccccc3OC)no2)C1. The number of benzene rings is 1. The molecule has 29 heavy (non-hydrogen) atoms. The highest BCUT2D eigenvalue weighted by atomic mass is 32.2. The zero-order valence-corrected chi connectivity index (χ0v) is 17.2. The van der Waals surface area contributed by atoms with Gasteiger partial charge in [0.2, 0.25) is 21.7 Å². The molecule has 1 aliphatic rings. The van der Waals surface area contributed by atoms with Crippen LogP contribution in [-0.4, -0.2) is 56.1 Å². The number of carbonyl (C=O) groups is 1. The zero-order chi connectivity index (χ0) is 20.6. The van der Waals surface area contributed by atoms with Gasteiger partial charge in [-0.3, -0.25) is 0 Å². The summed E-state index contributed by atoms with van der Waals surface area (Å²) in [6.07, 6.45) is 0. The topological polar surface area (TPSA) is 112 Å². The molecule has 3 aromatic rings. The number of thiophene rings is 1. The monoisotopic (exact) mass is 435 g/mol. The van der Waals surface area contributed by atoms with Crippen molar-refractivity contribution in [2.75, 3.05) is 27.3 Å². The molecule has 0 unspecified atom stereocenters. The Bertz CT molecular complexity index is 1150. The fraction of sp³-hybridized carbons (Fsp3) is 0.278. The first-order valence-corrected chi connectivity index (χ1v) is 10.9. The number of methoxy groups -OCH3 is 2. The summed E-state index contributed by atoms with van der Waals surface area (Å²) >= 11 is 1.03. The lowest BCUT2D eigenvalue weighted by atomic mass is 10.0. The molecular weight excluding hydrogens is 418 g/mol. The van der Waals surface area contributed by atoms with Gasteiger partial charge in [-0.2, -0.15) is 9.29 Å². The number of hydrogen-bond acceptors (Lipinski definition) is 9. The molecule has 0 N–H and O–H groups in total. The van der Waals surface area contributed by atoms with Gasteiger partial charge in [0.05, 0.1) is 25.7 Å². The van der Waals surface area contributed by atoms with Gasteiger partial charge in [0.25, 0.3) is 0 Å². The lowest BCUT2D eigenvalue weighted by Gasteiger charge is -2.35. The van der Waals surface area contributed by atoms with E-state index in [1.807, 2.05) is 18.2 Å². The predicted octanol–water partition coefficient (Wildman–Crippen LogP) is 2.38. The van der Waals surface area contributed by atoms with Crippen molar-refractivity contribution in [1.82, 2.24) is 14.4 Å². The Balaban J connectivity index is 1.50. The Morgan fingerprint density at radius 1 is 1.24 bits per heavy atom. The molecule has 11 heteroatoms. The predicted molar refractivity (Wildman–Crippen MR) is 103 cm³/mol. The second kappa shape index (κ2) is 7.58.